The van der Waals surface area contributed by atoms with E-state index in [0.717, 1.165) is 44.5 Å². The summed E-state index contributed by atoms with van der Waals surface area (Å²) in [7, 11) is 1.52. The van der Waals surface area contributed by atoms with Crippen molar-refractivity contribution >= 4 is 11.8 Å². The first kappa shape index (κ1) is 18.5. The molecule has 2 aliphatic rings. The molecule has 4 rings (SSSR count). The summed E-state index contributed by atoms with van der Waals surface area (Å²) in [5.74, 6) is 0.126. The lowest BCUT2D eigenvalue weighted by Crippen LogP contribution is -2.59. The molecule has 1 N–H and O–H groups in total. The highest BCUT2D eigenvalue weighted by molar-refractivity contribution is 5.90. The van der Waals surface area contributed by atoms with Gasteiger partial charge >= 0.3 is 0 Å². The van der Waals surface area contributed by atoms with Crippen molar-refractivity contribution in [2.75, 3.05) is 20.1 Å². The van der Waals surface area contributed by atoms with Gasteiger partial charge in [-0.3, -0.25) is 19.5 Å². The highest BCUT2D eigenvalue weighted by Crippen LogP contribution is 2.39. The fourth-order valence-corrected chi connectivity index (χ4v) is 4.28. The van der Waals surface area contributed by atoms with Crippen LogP contribution in [0.5, 0.6) is 0 Å². The Morgan fingerprint density at radius 2 is 2.07 bits per heavy atom. The smallest absolute Gasteiger partial charge is 0.292 e. The molecule has 0 bridgehead atoms. The first-order valence-corrected chi connectivity index (χ1v) is 9.61. The van der Waals surface area contributed by atoms with Gasteiger partial charge in [0.25, 0.3) is 11.7 Å². The van der Waals surface area contributed by atoms with Gasteiger partial charge in [0.05, 0.1) is 18.8 Å². The molecule has 9 heteroatoms. The average Bonchev–Trinajstić information content (AvgIpc) is 3.34. The summed E-state index contributed by atoms with van der Waals surface area (Å²) in [6.45, 7) is 2.43. The summed E-state index contributed by atoms with van der Waals surface area (Å²) in [5, 5.41) is 6.20. The van der Waals surface area contributed by atoms with Gasteiger partial charge in [-0.25, -0.2) is 0 Å². The van der Waals surface area contributed by atoms with E-state index in [1.807, 2.05) is 23.1 Å². The molecule has 148 valence electrons. The average molecular weight is 384 g/mol. The van der Waals surface area contributed by atoms with Crippen LogP contribution in [0.2, 0.25) is 0 Å². The van der Waals surface area contributed by atoms with E-state index in [4.69, 9.17) is 4.52 Å². The Kier molecular flexibility index (Phi) is 5.08. The van der Waals surface area contributed by atoms with E-state index in [1.54, 1.807) is 6.20 Å². The number of likely N-dealkylation sites (tertiary alicyclic amines) is 2. The molecular weight excluding hydrogens is 360 g/mol. The maximum atomic E-state index is 13.4. The van der Waals surface area contributed by atoms with Crippen LogP contribution in [0, 0.1) is 0 Å². The molecule has 2 amide bonds. The number of carbonyl (C=O) groups excluding carboxylic acids is 2. The number of carbonyl (C=O) groups is 2. The predicted octanol–water partition coefficient (Wildman–Crippen LogP) is 0.981. The number of pyridine rings is 1. The molecule has 4 heterocycles. The van der Waals surface area contributed by atoms with Crippen molar-refractivity contribution in [3.63, 3.8) is 0 Å². The topological polar surface area (TPSA) is 104 Å². The Bertz CT molecular complexity index is 854. The number of amides is 2. The number of nitrogens with one attached hydrogen (secondary N) is 1. The van der Waals surface area contributed by atoms with Gasteiger partial charge < -0.3 is 14.7 Å². The molecule has 1 unspecified atom stereocenters. The third-order valence-corrected chi connectivity index (χ3v) is 5.63. The zero-order chi connectivity index (χ0) is 19.6. The Hall–Kier alpha value is -2.81. The largest absolute Gasteiger partial charge is 0.352 e. The van der Waals surface area contributed by atoms with Gasteiger partial charge in [-0.05, 0) is 44.4 Å². The number of piperidine rings is 1. The lowest BCUT2D eigenvalue weighted by Gasteiger charge is -2.44. The standard InChI is InChI=1S/C19H24N6O3/c1-20-17(26)16-22-15(28-23-16)13-25-11-5-8-19(25)7-4-10-24(18(19)27)12-14-6-2-3-9-21-14/h2-3,6,9H,4-5,7-8,10-13H2,1H3,(H,20,26). The minimum absolute atomic E-state index is 0.0116. The molecular formula is C19H24N6O3. The minimum Gasteiger partial charge on any atom is -0.352 e. The first-order valence-electron chi connectivity index (χ1n) is 9.61. The van der Waals surface area contributed by atoms with E-state index in [1.165, 1.54) is 7.05 Å². The van der Waals surface area contributed by atoms with Gasteiger partial charge in [-0.1, -0.05) is 11.2 Å². The van der Waals surface area contributed by atoms with E-state index < -0.39 is 5.54 Å². The predicted molar refractivity (Wildman–Crippen MR) is 99.0 cm³/mol. The van der Waals surface area contributed by atoms with Crippen molar-refractivity contribution in [3.8, 4) is 0 Å². The second-order valence-electron chi connectivity index (χ2n) is 7.30. The van der Waals surface area contributed by atoms with Crippen molar-refractivity contribution in [2.24, 2.45) is 0 Å². The second kappa shape index (κ2) is 7.67. The van der Waals surface area contributed by atoms with Crippen LogP contribution in [0.1, 0.15) is 47.9 Å². The zero-order valence-corrected chi connectivity index (χ0v) is 15.9. The first-order chi connectivity index (χ1) is 13.6. The molecule has 0 aliphatic carbocycles. The molecule has 2 saturated heterocycles. The Labute approximate surface area is 163 Å². The molecule has 2 aromatic heterocycles. The number of nitrogens with zero attached hydrogens (tertiary/aromatic N) is 5. The maximum Gasteiger partial charge on any atom is 0.292 e. The van der Waals surface area contributed by atoms with Gasteiger partial charge in [0.1, 0.15) is 5.54 Å². The summed E-state index contributed by atoms with van der Waals surface area (Å²) in [6.07, 6.45) is 5.28. The molecule has 28 heavy (non-hydrogen) atoms. The summed E-state index contributed by atoms with van der Waals surface area (Å²) in [6, 6.07) is 5.76. The number of hydrogen-bond acceptors (Lipinski definition) is 7. The van der Waals surface area contributed by atoms with Crippen LogP contribution in [0.4, 0.5) is 0 Å². The van der Waals surface area contributed by atoms with E-state index >= 15 is 0 Å². The molecule has 1 atom stereocenters. The van der Waals surface area contributed by atoms with Crippen molar-refractivity contribution in [2.45, 2.75) is 44.3 Å². The number of hydrogen-bond donors (Lipinski definition) is 1. The Morgan fingerprint density at radius 1 is 1.25 bits per heavy atom. The third-order valence-electron chi connectivity index (χ3n) is 5.63. The summed E-state index contributed by atoms with van der Waals surface area (Å²) in [5.41, 5.74) is 0.360. The fourth-order valence-electron chi connectivity index (χ4n) is 4.28. The molecule has 2 aliphatic heterocycles. The van der Waals surface area contributed by atoms with E-state index in [-0.39, 0.29) is 17.6 Å². The van der Waals surface area contributed by atoms with Crippen LogP contribution in [0.3, 0.4) is 0 Å². The molecule has 0 saturated carbocycles. The lowest BCUT2D eigenvalue weighted by atomic mass is 9.85. The van der Waals surface area contributed by atoms with Gasteiger partial charge in [-0.15, -0.1) is 0 Å². The second-order valence-corrected chi connectivity index (χ2v) is 7.30. The van der Waals surface area contributed by atoms with Crippen molar-refractivity contribution in [1.82, 2.24) is 30.2 Å². The monoisotopic (exact) mass is 384 g/mol. The van der Waals surface area contributed by atoms with Crippen LogP contribution in [-0.4, -0.2) is 62.4 Å². The molecule has 2 aromatic rings. The molecule has 1 spiro atoms. The zero-order valence-electron chi connectivity index (χ0n) is 15.9. The number of rotatable bonds is 5. The SMILES string of the molecule is CNC(=O)c1noc(CN2CCCC23CCCN(Cc2ccccn2)C3=O)n1. The fraction of sp³-hybridized carbons (Fsp3) is 0.526. The van der Waals surface area contributed by atoms with E-state index in [9.17, 15) is 9.59 Å². The highest BCUT2D eigenvalue weighted by atomic mass is 16.5. The van der Waals surface area contributed by atoms with Gasteiger partial charge in [0, 0.05) is 19.8 Å². The van der Waals surface area contributed by atoms with Crippen molar-refractivity contribution in [3.05, 3.63) is 41.8 Å². The van der Waals surface area contributed by atoms with Crippen LogP contribution >= 0.6 is 0 Å². The van der Waals surface area contributed by atoms with Crippen LogP contribution < -0.4 is 5.32 Å². The summed E-state index contributed by atoms with van der Waals surface area (Å²) in [4.78, 5) is 37.7. The Morgan fingerprint density at radius 3 is 2.82 bits per heavy atom. The summed E-state index contributed by atoms with van der Waals surface area (Å²) >= 11 is 0. The third kappa shape index (κ3) is 3.37. The summed E-state index contributed by atoms with van der Waals surface area (Å²) < 4.78 is 5.24. The molecule has 0 aromatic carbocycles. The van der Waals surface area contributed by atoms with Crippen LogP contribution in [0.15, 0.2) is 28.9 Å². The normalized spacial score (nSPS) is 22.8. The quantitative estimate of drug-likeness (QED) is 0.819. The van der Waals surface area contributed by atoms with E-state index in [2.05, 4.69) is 25.3 Å². The highest BCUT2D eigenvalue weighted by Gasteiger charge is 2.51. The van der Waals surface area contributed by atoms with Gasteiger partial charge in [-0.2, -0.15) is 4.98 Å². The molecule has 9 nitrogen and oxygen atoms in total. The van der Waals surface area contributed by atoms with Crippen LogP contribution in [-0.2, 0) is 17.9 Å². The molecule has 0 radical (unpaired) electrons. The van der Waals surface area contributed by atoms with Gasteiger partial charge in [0.2, 0.25) is 11.8 Å². The maximum absolute atomic E-state index is 13.4. The van der Waals surface area contributed by atoms with Crippen LogP contribution in [0.25, 0.3) is 0 Å². The van der Waals surface area contributed by atoms with E-state index in [0.29, 0.717) is 19.0 Å². The number of aromatic nitrogens is 3. The van der Waals surface area contributed by atoms with Crippen molar-refractivity contribution < 1.29 is 14.1 Å². The Balaban J connectivity index is 1.51. The van der Waals surface area contributed by atoms with Gasteiger partial charge in [0.15, 0.2) is 0 Å². The van der Waals surface area contributed by atoms with Crippen molar-refractivity contribution in [1.29, 1.82) is 0 Å². The molecule has 2 fully saturated rings. The minimum atomic E-state index is -0.533. The lowest BCUT2D eigenvalue weighted by molar-refractivity contribution is -0.148.